The first kappa shape index (κ1) is 53.0. The van der Waals surface area contributed by atoms with E-state index < -0.39 is 52.4 Å². The van der Waals surface area contributed by atoms with Gasteiger partial charge in [-0.15, -0.1) is 11.3 Å². The second-order valence-corrected chi connectivity index (χ2v) is 19.8. The maximum Gasteiger partial charge on any atom is 0.417 e. The average molecular weight is 1030 g/mol. The zero-order valence-electron chi connectivity index (χ0n) is 40.2. The Morgan fingerprint density at radius 1 is 0.931 bits per heavy atom. The maximum absolute atomic E-state index is 15.5. The molecule has 0 radical (unpaired) electrons. The number of hydrogen-bond acceptors (Lipinski definition) is 11. The Labute approximate surface area is 423 Å². The van der Waals surface area contributed by atoms with E-state index in [1.807, 2.05) is 64.4 Å². The molecular formula is C52H53F4N7O7S2. The molecule has 5 aromatic rings. The second-order valence-electron chi connectivity index (χ2n) is 18.5. The SMILES string of the molecule is Cc1ncsc1-c1ccc(CNC(=O)[C@@H]2C[C@@H](C)CN2C(=O)[C@@H](NC(=O)COCCOCCOc2ccc(-c3ccc(N4CC(=O)N(c5ccc(C#N)c(C(F)(F)F)c5)C4=S)cc3F)cc2)C(C)(C)C)cc1. The van der Waals surface area contributed by atoms with Crippen molar-refractivity contribution in [3.8, 4) is 33.4 Å². The van der Waals surface area contributed by atoms with Crippen molar-refractivity contribution >= 4 is 63.7 Å². The van der Waals surface area contributed by atoms with Gasteiger partial charge in [0.2, 0.25) is 17.7 Å². The quantitative estimate of drug-likeness (QED) is 0.0492. The first-order valence-electron chi connectivity index (χ1n) is 23.0. The van der Waals surface area contributed by atoms with Gasteiger partial charge in [0.25, 0.3) is 5.91 Å². The molecule has 0 bridgehead atoms. The minimum atomic E-state index is -4.84. The first-order chi connectivity index (χ1) is 34.2. The number of aryl methyl sites for hydroxylation is 1. The smallest absolute Gasteiger partial charge is 0.417 e. The highest BCUT2D eigenvalue weighted by Gasteiger charge is 2.44. The third-order valence-corrected chi connectivity index (χ3v) is 13.5. The molecule has 0 aliphatic carbocycles. The summed E-state index contributed by atoms with van der Waals surface area (Å²) in [6.07, 6.45) is -4.33. The molecule has 4 aromatic carbocycles. The number of carbonyl (C=O) groups is 4. The number of carbonyl (C=O) groups excluding carboxylic acids is 4. The van der Waals surface area contributed by atoms with E-state index in [0.717, 1.165) is 32.7 Å². The van der Waals surface area contributed by atoms with Crippen LogP contribution in [0, 0.1) is 35.4 Å². The van der Waals surface area contributed by atoms with Gasteiger partial charge in [-0.3, -0.25) is 24.1 Å². The Morgan fingerprint density at radius 3 is 2.26 bits per heavy atom. The Balaban J connectivity index is 0.818. The van der Waals surface area contributed by atoms with Gasteiger partial charge in [0.15, 0.2) is 5.11 Å². The Hall–Kier alpha value is -6.79. The molecule has 14 nitrogen and oxygen atoms in total. The summed E-state index contributed by atoms with van der Waals surface area (Å²) in [5.41, 5.74) is 3.11. The molecule has 72 heavy (non-hydrogen) atoms. The number of nitriles is 1. The molecule has 4 amide bonds. The Morgan fingerprint density at radius 2 is 1.61 bits per heavy atom. The lowest BCUT2D eigenvalue weighted by molar-refractivity contribution is -0.144. The largest absolute Gasteiger partial charge is 0.491 e. The lowest BCUT2D eigenvalue weighted by Crippen LogP contribution is -2.58. The van der Waals surface area contributed by atoms with E-state index in [2.05, 4.69) is 15.6 Å². The van der Waals surface area contributed by atoms with E-state index in [9.17, 15) is 32.3 Å². The van der Waals surface area contributed by atoms with Crippen molar-refractivity contribution in [2.45, 2.75) is 65.8 Å². The molecule has 2 N–H and O–H groups in total. The van der Waals surface area contributed by atoms with Crippen molar-refractivity contribution in [2.24, 2.45) is 11.3 Å². The molecular weight excluding hydrogens is 975 g/mol. The fourth-order valence-electron chi connectivity index (χ4n) is 8.42. The monoisotopic (exact) mass is 1030 g/mol. The minimum Gasteiger partial charge on any atom is -0.491 e. The van der Waals surface area contributed by atoms with E-state index in [4.69, 9.17) is 31.7 Å². The maximum atomic E-state index is 15.5. The predicted octanol–water partition coefficient (Wildman–Crippen LogP) is 8.45. The molecule has 3 heterocycles. The number of thiocarbonyl (C=S) groups is 1. The van der Waals surface area contributed by atoms with Gasteiger partial charge >= 0.3 is 6.18 Å². The van der Waals surface area contributed by atoms with Crippen molar-refractivity contribution in [3.05, 3.63) is 119 Å². The van der Waals surface area contributed by atoms with Gasteiger partial charge in [0.05, 0.1) is 58.8 Å². The van der Waals surface area contributed by atoms with E-state index in [-0.39, 0.29) is 79.4 Å². The summed E-state index contributed by atoms with van der Waals surface area (Å²) in [5, 5.41) is 14.8. The number of amides is 4. The number of halogens is 4. The van der Waals surface area contributed by atoms with Crippen LogP contribution in [0.5, 0.6) is 5.75 Å². The number of hydrogen-bond donors (Lipinski definition) is 2. The highest BCUT2D eigenvalue weighted by molar-refractivity contribution is 7.81. The van der Waals surface area contributed by atoms with Gasteiger partial charge < -0.3 is 34.6 Å². The normalized spacial score (nSPS) is 16.5. The van der Waals surface area contributed by atoms with Crippen LogP contribution in [0.2, 0.25) is 0 Å². The number of alkyl halides is 3. The van der Waals surface area contributed by atoms with Gasteiger partial charge in [0, 0.05) is 24.3 Å². The Bertz CT molecular complexity index is 2850. The van der Waals surface area contributed by atoms with Crippen molar-refractivity contribution in [3.63, 3.8) is 0 Å². The van der Waals surface area contributed by atoms with Gasteiger partial charge in [-0.2, -0.15) is 18.4 Å². The summed E-state index contributed by atoms with van der Waals surface area (Å²) < 4.78 is 73.3. The number of benzene rings is 4. The molecule has 0 unspecified atom stereocenters. The van der Waals surface area contributed by atoms with Crippen LogP contribution in [0.25, 0.3) is 21.6 Å². The summed E-state index contributed by atoms with van der Waals surface area (Å²) >= 11 is 7.02. The molecule has 2 aliphatic heterocycles. The predicted molar refractivity (Wildman–Crippen MR) is 267 cm³/mol. The van der Waals surface area contributed by atoms with Gasteiger partial charge in [-0.1, -0.05) is 64.1 Å². The zero-order chi connectivity index (χ0) is 51.9. The molecule has 3 atom stereocenters. The molecule has 0 spiro atoms. The fraction of sp³-hybridized carbons (Fsp3) is 0.365. The average Bonchev–Trinajstić information content (AvgIpc) is 4.05. The molecule has 7 rings (SSSR count). The van der Waals surface area contributed by atoms with E-state index in [1.165, 1.54) is 29.2 Å². The summed E-state index contributed by atoms with van der Waals surface area (Å²) in [4.78, 5) is 62.9. The number of thiazole rings is 1. The zero-order valence-corrected chi connectivity index (χ0v) is 41.8. The third-order valence-electron chi connectivity index (χ3n) is 12.1. The van der Waals surface area contributed by atoms with Crippen LogP contribution < -0.4 is 25.2 Å². The van der Waals surface area contributed by atoms with Crippen LogP contribution in [0.3, 0.4) is 0 Å². The molecule has 1 aromatic heterocycles. The Kier molecular flexibility index (Phi) is 16.7. The number of likely N-dealkylation sites (tertiary alicyclic amines) is 1. The molecule has 2 fully saturated rings. The van der Waals surface area contributed by atoms with Crippen molar-refractivity contribution in [2.75, 3.05) is 55.9 Å². The van der Waals surface area contributed by atoms with Crippen LogP contribution in [-0.2, 0) is 41.4 Å². The highest BCUT2D eigenvalue weighted by atomic mass is 32.1. The van der Waals surface area contributed by atoms with Gasteiger partial charge in [0.1, 0.15) is 43.4 Å². The van der Waals surface area contributed by atoms with Crippen molar-refractivity contribution in [1.29, 1.82) is 5.26 Å². The molecule has 2 saturated heterocycles. The molecule has 378 valence electrons. The number of anilines is 2. The minimum absolute atomic E-state index is 0.0880. The van der Waals surface area contributed by atoms with E-state index in [0.29, 0.717) is 36.9 Å². The number of nitrogens with zero attached hydrogens (tertiary/aromatic N) is 5. The van der Waals surface area contributed by atoms with E-state index in [1.54, 1.807) is 46.6 Å². The van der Waals surface area contributed by atoms with Gasteiger partial charge in [-0.25, -0.2) is 9.37 Å². The van der Waals surface area contributed by atoms with E-state index >= 15 is 4.39 Å². The van der Waals surface area contributed by atoms with Crippen LogP contribution in [-0.4, -0.2) is 96.8 Å². The number of ether oxygens (including phenoxy) is 3. The summed E-state index contributed by atoms with van der Waals surface area (Å²) in [6, 6.07) is 21.6. The third kappa shape index (κ3) is 12.6. The number of aromatic nitrogens is 1. The fourth-order valence-corrected chi connectivity index (χ4v) is 9.60. The van der Waals surface area contributed by atoms with Crippen LogP contribution >= 0.6 is 23.6 Å². The summed E-state index contributed by atoms with van der Waals surface area (Å²) in [6.45, 7) is 10.2. The molecule has 0 saturated carbocycles. The summed E-state index contributed by atoms with van der Waals surface area (Å²) in [5.74, 6) is -1.74. The standard InChI is InChI=1S/C52H53F4N7O7S2/c1-31-22-43(48(66)58-26-33-6-8-35(9-7-33)46-32(2)59-30-72-46)62(27-31)49(67)47(51(3,4)5)60-44(64)29-69-19-18-68-20-21-70-39-15-11-34(12-16-39)40-17-14-37(24-42(40)53)61-28-45(65)63(50(61)71)38-13-10-36(25-57)41(23-38)52(54,55)56/h6-17,23-24,30-31,43,47H,18-22,26-29H2,1-5H3,(H,58,66)(H,60,64)/t31-,43+,47-/m1/s1. The lowest BCUT2D eigenvalue weighted by atomic mass is 9.85. The van der Waals surface area contributed by atoms with Gasteiger partial charge in [-0.05, 0) is 102 Å². The van der Waals surface area contributed by atoms with Crippen LogP contribution in [0.1, 0.15) is 56.5 Å². The summed E-state index contributed by atoms with van der Waals surface area (Å²) in [7, 11) is 0. The van der Waals surface area contributed by atoms with Crippen molar-refractivity contribution in [1.82, 2.24) is 20.5 Å². The molecule has 2 aliphatic rings. The van der Waals surface area contributed by atoms with Crippen molar-refractivity contribution < 1.29 is 51.0 Å². The molecule has 20 heteroatoms. The van der Waals surface area contributed by atoms with Crippen LogP contribution in [0.4, 0.5) is 28.9 Å². The number of rotatable bonds is 18. The van der Waals surface area contributed by atoms with Crippen LogP contribution in [0.15, 0.2) is 90.4 Å². The topological polar surface area (TPSA) is 166 Å². The second kappa shape index (κ2) is 22.7. The lowest BCUT2D eigenvalue weighted by Gasteiger charge is -2.35. The number of nitrogens with one attached hydrogen (secondary N) is 2. The highest BCUT2D eigenvalue weighted by Crippen LogP contribution is 2.37. The first-order valence-corrected chi connectivity index (χ1v) is 24.3.